The zero-order valence-corrected chi connectivity index (χ0v) is 16.2. The van der Waals surface area contributed by atoms with E-state index in [4.69, 9.17) is 4.74 Å². The molecule has 0 bridgehead atoms. The Hall–Kier alpha value is -1.39. The number of nitrogens with one attached hydrogen (secondary N) is 1. The summed E-state index contributed by atoms with van der Waals surface area (Å²) >= 11 is 0. The number of nitrogens with zero attached hydrogens (tertiary/aromatic N) is 1. The molecule has 1 aromatic carbocycles. The van der Waals surface area contributed by atoms with E-state index in [9.17, 15) is 4.79 Å². The lowest BCUT2D eigenvalue weighted by molar-refractivity contribution is -0.127. The zero-order chi connectivity index (χ0) is 18.2. The minimum Gasteiger partial charge on any atom is -0.376 e. The molecule has 2 fully saturated rings. The number of rotatable bonds is 7. The molecule has 4 heteroatoms. The number of hydrogen-bond acceptors (Lipinski definition) is 3. The van der Waals surface area contributed by atoms with E-state index in [2.05, 4.69) is 41.4 Å². The quantitative estimate of drug-likeness (QED) is 0.757. The third-order valence-electron chi connectivity index (χ3n) is 5.89. The molecule has 3 atom stereocenters. The van der Waals surface area contributed by atoms with Gasteiger partial charge in [0, 0.05) is 19.6 Å². The molecule has 26 heavy (non-hydrogen) atoms. The van der Waals surface area contributed by atoms with Crippen LogP contribution >= 0.6 is 0 Å². The number of carbonyl (C=O) groups excluding carboxylic acids is 1. The standard InChI is InChI=1S/C22H34N2O2/c1-18-8-5-6-12-21(18)26-15-13-23-22(25)20-11-7-14-24(17-20)16-19-9-3-2-4-10-19/h2-4,9-10,18,20-21H,5-8,11-17H2,1H3,(H,23,25). The van der Waals surface area contributed by atoms with E-state index in [0.717, 1.165) is 32.5 Å². The summed E-state index contributed by atoms with van der Waals surface area (Å²) in [4.78, 5) is 14.9. The summed E-state index contributed by atoms with van der Waals surface area (Å²) in [6.07, 6.45) is 7.54. The fourth-order valence-electron chi connectivity index (χ4n) is 4.31. The highest BCUT2D eigenvalue weighted by Crippen LogP contribution is 2.26. The Bertz CT molecular complexity index is 548. The van der Waals surface area contributed by atoms with Crippen LogP contribution in [-0.4, -0.2) is 43.2 Å². The average Bonchev–Trinajstić information content (AvgIpc) is 2.67. The molecule has 4 nitrogen and oxygen atoms in total. The Morgan fingerprint density at radius 2 is 1.96 bits per heavy atom. The monoisotopic (exact) mass is 358 g/mol. The Labute approximate surface area is 158 Å². The summed E-state index contributed by atoms with van der Waals surface area (Å²) in [6, 6.07) is 10.5. The summed E-state index contributed by atoms with van der Waals surface area (Å²) < 4.78 is 6.01. The fourth-order valence-corrected chi connectivity index (χ4v) is 4.31. The van der Waals surface area contributed by atoms with Gasteiger partial charge in [0.1, 0.15) is 0 Å². The van der Waals surface area contributed by atoms with E-state index in [1.807, 2.05) is 6.07 Å². The second-order valence-electron chi connectivity index (χ2n) is 8.02. The highest BCUT2D eigenvalue weighted by atomic mass is 16.5. The van der Waals surface area contributed by atoms with Gasteiger partial charge in [-0.1, -0.05) is 50.1 Å². The van der Waals surface area contributed by atoms with Gasteiger partial charge in [0.25, 0.3) is 0 Å². The first-order chi connectivity index (χ1) is 12.7. The van der Waals surface area contributed by atoms with E-state index in [0.29, 0.717) is 25.2 Å². The second-order valence-corrected chi connectivity index (χ2v) is 8.02. The predicted octanol–water partition coefficient (Wildman–Crippen LogP) is 3.61. The van der Waals surface area contributed by atoms with Gasteiger partial charge < -0.3 is 10.1 Å². The second kappa shape index (κ2) is 10.1. The molecule has 144 valence electrons. The van der Waals surface area contributed by atoms with Crippen LogP contribution in [0.1, 0.15) is 51.0 Å². The molecule has 2 aliphatic rings. The molecule has 1 amide bonds. The Kier molecular flexibility index (Phi) is 7.51. The maximum Gasteiger partial charge on any atom is 0.224 e. The van der Waals surface area contributed by atoms with Crippen molar-refractivity contribution in [2.75, 3.05) is 26.2 Å². The zero-order valence-electron chi connectivity index (χ0n) is 16.2. The van der Waals surface area contributed by atoms with Crippen LogP contribution in [0.5, 0.6) is 0 Å². The van der Waals surface area contributed by atoms with Crippen LogP contribution in [0, 0.1) is 11.8 Å². The number of benzene rings is 1. The maximum atomic E-state index is 12.5. The number of hydrogen-bond donors (Lipinski definition) is 1. The molecule has 1 saturated carbocycles. The molecule has 3 rings (SSSR count). The largest absolute Gasteiger partial charge is 0.376 e. The lowest BCUT2D eigenvalue weighted by atomic mass is 9.88. The van der Waals surface area contributed by atoms with Crippen LogP contribution in [0.15, 0.2) is 30.3 Å². The van der Waals surface area contributed by atoms with Gasteiger partial charge in [-0.2, -0.15) is 0 Å². The molecule has 1 aliphatic heterocycles. The normalized spacial score (nSPS) is 27.2. The van der Waals surface area contributed by atoms with Crippen molar-refractivity contribution in [1.82, 2.24) is 10.2 Å². The highest BCUT2D eigenvalue weighted by molar-refractivity contribution is 5.78. The summed E-state index contributed by atoms with van der Waals surface area (Å²) in [6.45, 7) is 6.44. The molecule has 1 heterocycles. The van der Waals surface area contributed by atoms with Crippen molar-refractivity contribution in [3.63, 3.8) is 0 Å². The van der Waals surface area contributed by atoms with E-state index >= 15 is 0 Å². The van der Waals surface area contributed by atoms with Gasteiger partial charge in [-0.05, 0) is 43.7 Å². The Morgan fingerprint density at radius 3 is 2.77 bits per heavy atom. The van der Waals surface area contributed by atoms with Crippen molar-refractivity contribution >= 4 is 5.91 Å². The van der Waals surface area contributed by atoms with Gasteiger partial charge in [0.2, 0.25) is 5.91 Å². The number of likely N-dealkylation sites (tertiary alicyclic amines) is 1. The van der Waals surface area contributed by atoms with Gasteiger partial charge in [0.15, 0.2) is 0 Å². The van der Waals surface area contributed by atoms with Gasteiger partial charge in [-0.3, -0.25) is 9.69 Å². The van der Waals surface area contributed by atoms with Crippen LogP contribution in [0.25, 0.3) is 0 Å². The molecule has 0 aromatic heterocycles. The van der Waals surface area contributed by atoms with Crippen molar-refractivity contribution in [2.45, 2.75) is 58.1 Å². The molecular formula is C22H34N2O2. The van der Waals surface area contributed by atoms with Gasteiger partial charge >= 0.3 is 0 Å². The van der Waals surface area contributed by atoms with Crippen molar-refractivity contribution < 1.29 is 9.53 Å². The third kappa shape index (κ3) is 5.82. The van der Waals surface area contributed by atoms with Crippen molar-refractivity contribution in [3.8, 4) is 0 Å². The molecule has 1 aromatic rings. The first-order valence-corrected chi connectivity index (χ1v) is 10.4. The van der Waals surface area contributed by atoms with Crippen molar-refractivity contribution in [1.29, 1.82) is 0 Å². The van der Waals surface area contributed by atoms with Crippen LogP contribution in [0.3, 0.4) is 0 Å². The fraction of sp³-hybridized carbons (Fsp3) is 0.682. The molecule has 0 radical (unpaired) electrons. The SMILES string of the molecule is CC1CCCCC1OCCNC(=O)C1CCCN(Cc2ccccc2)C1. The van der Waals surface area contributed by atoms with Crippen LogP contribution in [0.2, 0.25) is 0 Å². The van der Waals surface area contributed by atoms with Crippen molar-refractivity contribution in [2.24, 2.45) is 11.8 Å². The smallest absolute Gasteiger partial charge is 0.224 e. The first-order valence-electron chi connectivity index (χ1n) is 10.4. The average molecular weight is 359 g/mol. The topological polar surface area (TPSA) is 41.6 Å². The molecule has 3 unspecified atom stereocenters. The van der Waals surface area contributed by atoms with E-state index < -0.39 is 0 Å². The van der Waals surface area contributed by atoms with Gasteiger partial charge in [-0.15, -0.1) is 0 Å². The van der Waals surface area contributed by atoms with E-state index in [1.54, 1.807) is 0 Å². The molecule has 1 N–H and O–H groups in total. The lowest BCUT2D eigenvalue weighted by Crippen LogP contribution is -2.43. The number of carbonyl (C=O) groups is 1. The molecule has 1 saturated heterocycles. The maximum absolute atomic E-state index is 12.5. The third-order valence-corrected chi connectivity index (χ3v) is 5.89. The van der Waals surface area contributed by atoms with Crippen LogP contribution in [0.4, 0.5) is 0 Å². The Balaban J connectivity index is 1.36. The lowest BCUT2D eigenvalue weighted by Gasteiger charge is -2.32. The van der Waals surface area contributed by atoms with Crippen LogP contribution in [-0.2, 0) is 16.1 Å². The predicted molar refractivity (Wildman–Crippen MR) is 105 cm³/mol. The highest BCUT2D eigenvalue weighted by Gasteiger charge is 2.26. The number of piperidine rings is 1. The minimum absolute atomic E-state index is 0.112. The van der Waals surface area contributed by atoms with Crippen LogP contribution < -0.4 is 5.32 Å². The first kappa shape index (κ1) is 19.4. The Morgan fingerprint density at radius 1 is 1.15 bits per heavy atom. The number of ether oxygens (including phenoxy) is 1. The molecule has 1 aliphatic carbocycles. The van der Waals surface area contributed by atoms with Gasteiger partial charge in [0.05, 0.1) is 18.6 Å². The summed E-state index contributed by atoms with van der Waals surface area (Å²) in [5.74, 6) is 0.966. The summed E-state index contributed by atoms with van der Waals surface area (Å²) in [5.41, 5.74) is 1.32. The van der Waals surface area contributed by atoms with Gasteiger partial charge in [-0.25, -0.2) is 0 Å². The summed E-state index contributed by atoms with van der Waals surface area (Å²) in [5, 5.41) is 3.10. The molecule has 0 spiro atoms. The number of amides is 1. The van der Waals surface area contributed by atoms with E-state index in [-0.39, 0.29) is 11.8 Å². The minimum atomic E-state index is 0.112. The van der Waals surface area contributed by atoms with E-state index in [1.165, 1.54) is 31.2 Å². The summed E-state index contributed by atoms with van der Waals surface area (Å²) in [7, 11) is 0. The van der Waals surface area contributed by atoms with Crippen molar-refractivity contribution in [3.05, 3.63) is 35.9 Å². The molecular weight excluding hydrogens is 324 g/mol.